The molecule has 0 atom stereocenters. The summed E-state index contributed by atoms with van der Waals surface area (Å²) in [6.45, 7) is 29.6. The monoisotopic (exact) mass is 1150 g/mol. The average Bonchev–Trinajstić information content (AvgIpc) is 0.702. The van der Waals surface area contributed by atoms with Crippen molar-refractivity contribution < 1.29 is 19.2 Å². The Morgan fingerprint density at radius 3 is 0.919 bits per heavy atom. The number of unbranched alkanes of at least 4 members (excludes halogenated alkanes) is 12. The average molecular weight is 1150 g/mol. The number of amides is 4. The van der Waals surface area contributed by atoms with Gasteiger partial charge in [0.25, 0.3) is 23.6 Å². The first-order valence-electron chi connectivity index (χ1n) is 33.0. The number of carbonyl (C=O) groups is 4. The van der Waals surface area contributed by atoms with Gasteiger partial charge in [-0.2, -0.15) is 0 Å². The summed E-state index contributed by atoms with van der Waals surface area (Å²) < 4.78 is 0. The van der Waals surface area contributed by atoms with Gasteiger partial charge < -0.3 is 9.80 Å². The molecule has 0 unspecified atom stereocenters. The summed E-state index contributed by atoms with van der Waals surface area (Å²) in [4.78, 5) is 71.7. The molecule has 0 aromatic heterocycles. The molecule has 0 aliphatic carbocycles. The van der Waals surface area contributed by atoms with Gasteiger partial charge in [-0.05, 0) is 132 Å². The molecule has 8 heteroatoms. The van der Waals surface area contributed by atoms with Crippen LogP contribution in [-0.4, -0.2) is 49.8 Å². The van der Waals surface area contributed by atoms with Gasteiger partial charge in [0, 0.05) is 70.6 Å². The SMILES string of the molecule is CCCCCCN(CCCCCC)c1ccc(C#Cc2cc3c4c(c(C#Cc5ccc(N(CCCCCC)CCCCCC)cc5)cc5c4c2C(=O)N(c2c(C(C)C)cccc2C(C)C)C5=O)C(=O)N(c2c(C(C)C)cccc2C(C)C)C3=O)cc1. The van der Waals surface area contributed by atoms with Crippen molar-refractivity contribution >= 4 is 57.2 Å². The van der Waals surface area contributed by atoms with Crippen LogP contribution >= 0.6 is 0 Å². The zero-order valence-electron chi connectivity index (χ0n) is 54.1. The van der Waals surface area contributed by atoms with Crippen LogP contribution in [0.2, 0.25) is 0 Å². The molecule has 0 saturated carbocycles. The van der Waals surface area contributed by atoms with E-state index in [1.165, 1.54) is 86.8 Å². The van der Waals surface area contributed by atoms with Crippen LogP contribution in [0.25, 0.3) is 10.8 Å². The van der Waals surface area contributed by atoms with Crippen LogP contribution in [0.15, 0.2) is 97.1 Å². The fourth-order valence-electron chi connectivity index (χ4n) is 12.7. The molecule has 6 aromatic carbocycles. The Kier molecular flexibility index (Phi) is 22.7. The maximum atomic E-state index is 16.1. The van der Waals surface area contributed by atoms with Crippen molar-refractivity contribution in [2.24, 2.45) is 0 Å². The molecule has 0 spiro atoms. The van der Waals surface area contributed by atoms with Gasteiger partial charge in [0.05, 0.1) is 33.6 Å². The summed E-state index contributed by atoms with van der Waals surface area (Å²) in [5.74, 6) is 11.4. The number of benzene rings is 6. The first-order chi connectivity index (χ1) is 41.6. The minimum atomic E-state index is -0.547. The van der Waals surface area contributed by atoms with E-state index in [0.717, 1.165) is 96.6 Å². The Hall–Kier alpha value is -7.42. The molecular weight excluding hydrogens is 1060 g/mol. The van der Waals surface area contributed by atoms with Crippen molar-refractivity contribution in [1.82, 2.24) is 0 Å². The van der Waals surface area contributed by atoms with E-state index in [4.69, 9.17) is 0 Å². The summed E-state index contributed by atoms with van der Waals surface area (Å²) in [6.07, 6.45) is 19.0. The van der Waals surface area contributed by atoms with E-state index in [2.05, 4.69) is 141 Å². The van der Waals surface area contributed by atoms with Crippen LogP contribution < -0.4 is 19.6 Å². The van der Waals surface area contributed by atoms with E-state index in [1.54, 1.807) is 12.1 Å². The van der Waals surface area contributed by atoms with Crippen LogP contribution in [-0.2, 0) is 0 Å². The minimum Gasteiger partial charge on any atom is -0.372 e. The lowest BCUT2D eigenvalue weighted by Crippen LogP contribution is -2.45. The quantitative estimate of drug-likeness (QED) is 0.0277. The van der Waals surface area contributed by atoms with Crippen molar-refractivity contribution in [2.75, 3.05) is 45.8 Å². The highest BCUT2D eigenvalue weighted by atomic mass is 16.2. The molecule has 2 aliphatic heterocycles. The molecule has 0 saturated heterocycles. The lowest BCUT2D eigenvalue weighted by Gasteiger charge is -2.36. The number of anilines is 4. The predicted octanol–water partition coefficient (Wildman–Crippen LogP) is 19.7. The van der Waals surface area contributed by atoms with Crippen LogP contribution in [0.3, 0.4) is 0 Å². The van der Waals surface area contributed by atoms with Crippen molar-refractivity contribution in [3.8, 4) is 23.7 Å². The van der Waals surface area contributed by atoms with E-state index in [0.29, 0.717) is 22.5 Å². The number of nitrogens with zero attached hydrogens (tertiary/aromatic N) is 4. The maximum Gasteiger partial charge on any atom is 0.267 e. The van der Waals surface area contributed by atoms with Gasteiger partial charge >= 0.3 is 0 Å². The molecule has 2 aliphatic rings. The van der Waals surface area contributed by atoms with Gasteiger partial charge in [0.15, 0.2) is 0 Å². The van der Waals surface area contributed by atoms with Crippen LogP contribution in [0.4, 0.5) is 22.7 Å². The molecule has 8 nitrogen and oxygen atoms in total. The van der Waals surface area contributed by atoms with Gasteiger partial charge in [-0.1, -0.05) is 220 Å². The molecule has 0 N–H and O–H groups in total. The molecule has 4 amide bonds. The molecule has 6 aromatic rings. The summed E-state index contributed by atoms with van der Waals surface area (Å²) in [6, 6.07) is 32.1. The van der Waals surface area contributed by atoms with E-state index in [1.807, 2.05) is 60.7 Å². The lowest BCUT2D eigenvalue weighted by molar-refractivity contribution is 0.0872. The van der Waals surface area contributed by atoms with Gasteiger partial charge in [-0.3, -0.25) is 19.2 Å². The van der Waals surface area contributed by atoms with E-state index >= 15 is 19.2 Å². The Balaban J connectivity index is 1.36. The third-order valence-corrected chi connectivity index (χ3v) is 17.5. The second-order valence-electron chi connectivity index (χ2n) is 25.3. The number of para-hydroxylation sites is 2. The molecule has 86 heavy (non-hydrogen) atoms. The summed E-state index contributed by atoms with van der Waals surface area (Å²) in [7, 11) is 0. The fourth-order valence-corrected chi connectivity index (χ4v) is 12.7. The third kappa shape index (κ3) is 14.4. The molecule has 452 valence electrons. The molecule has 0 bridgehead atoms. The highest BCUT2D eigenvalue weighted by Crippen LogP contribution is 2.47. The molecule has 0 fully saturated rings. The van der Waals surface area contributed by atoms with E-state index in [-0.39, 0.29) is 56.7 Å². The number of hydrogen-bond acceptors (Lipinski definition) is 6. The topological polar surface area (TPSA) is 81.2 Å². The highest BCUT2D eigenvalue weighted by molar-refractivity contribution is 6.43. The maximum absolute atomic E-state index is 16.1. The number of imide groups is 2. The van der Waals surface area contributed by atoms with Gasteiger partial charge in [0.1, 0.15) is 0 Å². The Morgan fingerprint density at radius 1 is 0.360 bits per heavy atom. The van der Waals surface area contributed by atoms with Crippen LogP contribution in [0.1, 0.15) is 295 Å². The third-order valence-electron chi connectivity index (χ3n) is 17.5. The second-order valence-corrected chi connectivity index (χ2v) is 25.3. The Bertz CT molecular complexity index is 3200. The van der Waals surface area contributed by atoms with Crippen molar-refractivity contribution in [3.05, 3.63) is 164 Å². The zero-order valence-corrected chi connectivity index (χ0v) is 54.1. The predicted molar refractivity (Wildman–Crippen MR) is 361 cm³/mol. The zero-order chi connectivity index (χ0) is 61.6. The molecule has 0 radical (unpaired) electrons. The van der Waals surface area contributed by atoms with E-state index in [9.17, 15) is 0 Å². The van der Waals surface area contributed by atoms with Crippen molar-refractivity contribution in [1.29, 1.82) is 0 Å². The molecule has 8 rings (SSSR count). The first-order valence-corrected chi connectivity index (χ1v) is 33.0. The summed E-state index contributed by atoms with van der Waals surface area (Å²) in [5, 5.41) is 0.516. The number of hydrogen-bond donors (Lipinski definition) is 0. The van der Waals surface area contributed by atoms with Gasteiger partial charge in [-0.15, -0.1) is 0 Å². The largest absolute Gasteiger partial charge is 0.372 e. The number of carbonyl (C=O) groups excluding carboxylic acids is 4. The van der Waals surface area contributed by atoms with Crippen LogP contribution in [0, 0.1) is 23.7 Å². The minimum absolute atomic E-state index is 0.0420. The summed E-state index contributed by atoms with van der Waals surface area (Å²) in [5.41, 5.74) is 9.72. The smallest absolute Gasteiger partial charge is 0.267 e. The Morgan fingerprint density at radius 2 is 0.651 bits per heavy atom. The first kappa shape index (κ1) is 64.6. The highest BCUT2D eigenvalue weighted by Gasteiger charge is 2.45. The van der Waals surface area contributed by atoms with Crippen molar-refractivity contribution in [3.63, 3.8) is 0 Å². The molecule has 2 heterocycles. The fraction of sp³-hybridized carbons (Fsp3) is 0.462. The van der Waals surface area contributed by atoms with E-state index < -0.39 is 23.6 Å². The summed E-state index contributed by atoms with van der Waals surface area (Å²) >= 11 is 0. The van der Waals surface area contributed by atoms with Gasteiger partial charge in [0.2, 0.25) is 0 Å². The standard InChI is InChI=1S/C78H96N4O4/c1-13-17-21-25-47-79(48-26-22-18-14-2)61-43-37-57(38-44-61)35-41-59-51-67-72-70(78(86)82(75(67)83)74-65(55(9)10)33-30-34-66(74)56(11)12)60(42-36-58-39-45-62(46-40-58)80(49-27-23-19-15-3)50-28-24-20-16-4)52-68-71(72)69(59)77(85)81(76(68)84)73-63(53(5)6)31-29-32-64(73)54(7)8/h29-34,37-40,43-46,51-56H,13-28,47-50H2,1-12H3. The van der Waals surface area contributed by atoms with Crippen molar-refractivity contribution in [2.45, 2.75) is 209 Å². The lowest BCUT2D eigenvalue weighted by atomic mass is 9.80. The Labute approximate surface area is 516 Å². The number of rotatable bonds is 28. The second kappa shape index (κ2) is 30.3. The normalized spacial score (nSPS) is 12.9. The molecular formula is C78H96N4O4. The van der Waals surface area contributed by atoms with Gasteiger partial charge in [-0.25, -0.2) is 9.80 Å². The van der Waals surface area contributed by atoms with Crippen LogP contribution in [0.5, 0.6) is 0 Å².